The maximum Gasteiger partial charge on any atom is 0.253 e. The highest BCUT2D eigenvalue weighted by atomic mass is 16.3. The van der Waals surface area contributed by atoms with E-state index >= 15 is 0 Å². The molecule has 1 aromatic carbocycles. The molecule has 22 heavy (non-hydrogen) atoms. The van der Waals surface area contributed by atoms with Gasteiger partial charge in [-0.2, -0.15) is 0 Å². The predicted molar refractivity (Wildman–Crippen MR) is 88.8 cm³/mol. The van der Waals surface area contributed by atoms with Crippen molar-refractivity contribution < 1.29 is 9.90 Å². The predicted octanol–water partition coefficient (Wildman–Crippen LogP) is 2.37. The molecule has 4 nitrogen and oxygen atoms in total. The van der Waals surface area contributed by atoms with Crippen LogP contribution in [0.1, 0.15) is 42.1 Å². The first-order chi connectivity index (χ1) is 10.5. The number of aliphatic hydroxyl groups is 1. The minimum absolute atomic E-state index is 0.0265. The Kier molecular flexibility index (Phi) is 5.59. The van der Waals surface area contributed by atoms with Gasteiger partial charge in [-0.05, 0) is 37.4 Å². The van der Waals surface area contributed by atoms with Crippen molar-refractivity contribution in [1.82, 2.24) is 9.80 Å². The molecule has 1 aliphatic heterocycles. The second-order valence-electron chi connectivity index (χ2n) is 6.68. The van der Waals surface area contributed by atoms with Crippen molar-refractivity contribution in [2.45, 2.75) is 32.7 Å². The van der Waals surface area contributed by atoms with Gasteiger partial charge in [-0.25, -0.2) is 0 Å². The Morgan fingerprint density at radius 2 is 2.09 bits per heavy atom. The third kappa shape index (κ3) is 3.68. The molecule has 4 heteroatoms. The van der Waals surface area contributed by atoms with Gasteiger partial charge in [0.1, 0.15) is 0 Å². The zero-order chi connectivity index (χ0) is 16.2. The second kappa shape index (κ2) is 7.25. The summed E-state index contributed by atoms with van der Waals surface area (Å²) in [6, 6.07) is 7.85. The molecule has 0 spiro atoms. The number of carbonyl (C=O) groups is 1. The fourth-order valence-electron chi connectivity index (χ4n) is 3.32. The van der Waals surface area contributed by atoms with Crippen molar-refractivity contribution in [1.29, 1.82) is 0 Å². The summed E-state index contributed by atoms with van der Waals surface area (Å²) >= 11 is 0. The van der Waals surface area contributed by atoms with Crippen LogP contribution in [0, 0.1) is 5.41 Å². The molecule has 1 N–H and O–H groups in total. The molecule has 1 aromatic rings. The number of rotatable bonds is 5. The topological polar surface area (TPSA) is 43.8 Å². The first kappa shape index (κ1) is 17.0. The lowest BCUT2D eigenvalue weighted by molar-refractivity contribution is 0.0256. The summed E-state index contributed by atoms with van der Waals surface area (Å²) in [5.41, 5.74) is 1.88. The fraction of sp³-hybridized carbons (Fsp3) is 0.611. The van der Waals surface area contributed by atoms with Gasteiger partial charge in [0.25, 0.3) is 5.91 Å². The summed E-state index contributed by atoms with van der Waals surface area (Å²) in [5, 5.41) is 9.75. The summed E-state index contributed by atoms with van der Waals surface area (Å²) in [7, 11) is 3.57. The van der Waals surface area contributed by atoms with Crippen molar-refractivity contribution in [3.63, 3.8) is 0 Å². The summed E-state index contributed by atoms with van der Waals surface area (Å²) < 4.78 is 0. The van der Waals surface area contributed by atoms with Crippen molar-refractivity contribution in [2.24, 2.45) is 5.41 Å². The molecule has 1 unspecified atom stereocenters. The molecule has 1 heterocycles. The number of hydrogen-bond donors (Lipinski definition) is 1. The third-order valence-electron chi connectivity index (χ3n) is 4.87. The zero-order valence-electron chi connectivity index (χ0n) is 14.0. The lowest BCUT2D eigenvalue weighted by atomic mass is 9.78. The van der Waals surface area contributed by atoms with Crippen LogP contribution in [0.25, 0.3) is 0 Å². The molecule has 1 atom stereocenters. The number of aliphatic hydroxyl groups excluding tert-OH is 1. The second-order valence-corrected chi connectivity index (χ2v) is 6.68. The highest BCUT2D eigenvalue weighted by molar-refractivity contribution is 5.95. The van der Waals surface area contributed by atoms with Crippen LogP contribution in [0.3, 0.4) is 0 Å². The highest BCUT2D eigenvalue weighted by Crippen LogP contribution is 2.33. The van der Waals surface area contributed by atoms with Gasteiger partial charge in [-0.15, -0.1) is 0 Å². The molecule has 0 radical (unpaired) electrons. The van der Waals surface area contributed by atoms with Crippen LogP contribution in [0.4, 0.5) is 0 Å². The minimum atomic E-state index is 0.0265. The van der Waals surface area contributed by atoms with Crippen molar-refractivity contribution >= 4 is 5.91 Å². The van der Waals surface area contributed by atoms with Gasteiger partial charge < -0.3 is 10.0 Å². The lowest BCUT2D eigenvalue weighted by Gasteiger charge is -2.41. The van der Waals surface area contributed by atoms with Crippen LogP contribution in [0.2, 0.25) is 0 Å². The molecule has 0 aliphatic carbocycles. The Hall–Kier alpha value is -1.39. The fourth-order valence-corrected chi connectivity index (χ4v) is 3.32. The van der Waals surface area contributed by atoms with Crippen LogP contribution < -0.4 is 0 Å². The molecule has 1 fully saturated rings. The summed E-state index contributed by atoms with van der Waals surface area (Å²) in [5.74, 6) is 0.0523. The summed E-state index contributed by atoms with van der Waals surface area (Å²) in [6.45, 7) is 5.12. The van der Waals surface area contributed by atoms with Gasteiger partial charge in [0.05, 0.1) is 0 Å². The number of hydrogen-bond acceptors (Lipinski definition) is 3. The van der Waals surface area contributed by atoms with E-state index in [1.165, 1.54) is 0 Å². The van der Waals surface area contributed by atoms with Gasteiger partial charge in [0.15, 0.2) is 0 Å². The summed E-state index contributed by atoms with van der Waals surface area (Å²) in [4.78, 5) is 16.3. The van der Waals surface area contributed by atoms with E-state index in [1.54, 1.807) is 19.0 Å². The van der Waals surface area contributed by atoms with Crippen LogP contribution in [-0.2, 0) is 6.54 Å². The van der Waals surface area contributed by atoms with Crippen molar-refractivity contribution in [3.8, 4) is 0 Å². The van der Waals surface area contributed by atoms with Crippen molar-refractivity contribution in [2.75, 3.05) is 33.8 Å². The highest BCUT2D eigenvalue weighted by Gasteiger charge is 2.33. The molecular formula is C18H28N2O2. The van der Waals surface area contributed by atoms with Crippen LogP contribution in [0.15, 0.2) is 24.3 Å². The zero-order valence-corrected chi connectivity index (χ0v) is 14.0. The van der Waals surface area contributed by atoms with E-state index in [1.807, 2.05) is 24.3 Å². The first-order valence-corrected chi connectivity index (χ1v) is 8.14. The van der Waals surface area contributed by atoms with E-state index in [4.69, 9.17) is 0 Å². The molecule has 1 amide bonds. The Morgan fingerprint density at radius 1 is 1.36 bits per heavy atom. The number of benzene rings is 1. The normalized spacial score (nSPS) is 22.5. The van der Waals surface area contributed by atoms with Gasteiger partial charge in [-0.1, -0.05) is 25.1 Å². The van der Waals surface area contributed by atoms with Gasteiger partial charge >= 0.3 is 0 Å². The average molecular weight is 304 g/mol. The number of likely N-dealkylation sites (tertiary alicyclic amines) is 1. The third-order valence-corrected chi connectivity index (χ3v) is 4.87. The quantitative estimate of drug-likeness (QED) is 0.908. The van der Waals surface area contributed by atoms with E-state index in [0.717, 1.165) is 50.0 Å². The molecule has 0 saturated carbocycles. The van der Waals surface area contributed by atoms with E-state index in [2.05, 4.69) is 11.8 Å². The molecule has 2 rings (SSSR count). The van der Waals surface area contributed by atoms with E-state index in [9.17, 15) is 9.90 Å². The summed E-state index contributed by atoms with van der Waals surface area (Å²) in [6.07, 6.45) is 3.20. The Bertz CT molecular complexity index is 510. The minimum Gasteiger partial charge on any atom is -0.396 e. The Balaban J connectivity index is 2.15. The maximum atomic E-state index is 12.3. The van der Waals surface area contributed by atoms with Crippen LogP contribution in [-0.4, -0.2) is 54.6 Å². The molecule has 0 aromatic heterocycles. The van der Waals surface area contributed by atoms with Crippen LogP contribution >= 0.6 is 0 Å². The first-order valence-electron chi connectivity index (χ1n) is 8.14. The lowest BCUT2D eigenvalue weighted by Crippen LogP contribution is -2.44. The number of amides is 1. The SMILES string of the molecule is CCC1(CO)CCCN(Cc2ccccc2C(=O)N(C)C)C1. The standard InChI is InChI=1S/C18H28N2O2/c1-4-18(14-21)10-7-11-20(13-18)12-15-8-5-6-9-16(15)17(22)19(2)3/h5-6,8-9,21H,4,7,10-14H2,1-3H3. The molecule has 122 valence electrons. The molecule has 0 bridgehead atoms. The largest absolute Gasteiger partial charge is 0.396 e. The Labute approximate surface area is 133 Å². The number of carbonyl (C=O) groups excluding carboxylic acids is 1. The monoisotopic (exact) mass is 304 g/mol. The smallest absolute Gasteiger partial charge is 0.253 e. The van der Waals surface area contributed by atoms with Crippen LogP contribution in [0.5, 0.6) is 0 Å². The molecule has 1 saturated heterocycles. The number of nitrogens with zero attached hydrogens (tertiary/aromatic N) is 2. The average Bonchev–Trinajstić information content (AvgIpc) is 2.54. The van der Waals surface area contributed by atoms with Gasteiger partial charge in [0, 0.05) is 44.8 Å². The number of piperidine rings is 1. The molecule has 1 aliphatic rings. The van der Waals surface area contributed by atoms with E-state index in [-0.39, 0.29) is 17.9 Å². The molecular weight excluding hydrogens is 276 g/mol. The van der Waals surface area contributed by atoms with Crippen molar-refractivity contribution in [3.05, 3.63) is 35.4 Å². The maximum absolute atomic E-state index is 12.3. The van der Waals surface area contributed by atoms with E-state index < -0.39 is 0 Å². The Morgan fingerprint density at radius 3 is 2.73 bits per heavy atom. The van der Waals surface area contributed by atoms with Gasteiger partial charge in [0.2, 0.25) is 0 Å². The van der Waals surface area contributed by atoms with E-state index in [0.29, 0.717) is 0 Å². The van der Waals surface area contributed by atoms with Gasteiger partial charge in [-0.3, -0.25) is 9.69 Å².